The first-order valence-electron chi connectivity index (χ1n) is 7.04. The number of rotatable bonds is 7. The number of carbonyl (C=O) groups is 2. The monoisotopic (exact) mass is 321 g/mol. The quantitative estimate of drug-likeness (QED) is 0.589. The molecular formula is C15H20N3O3P. The Bertz CT molecular complexity index is 684. The minimum atomic E-state index is -0.338. The summed E-state index contributed by atoms with van der Waals surface area (Å²) in [6.07, 6.45) is 0. The van der Waals surface area contributed by atoms with Gasteiger partial charge in [-0.25, -0.2) is 4.98 Å². The fraction of sp³-hybridized carbons (Fsp3) is 0.400. The zero-order valence-corrected chi connectivity index (χ0v) is 13.9. The van der Waals surface area contributed by atoms with Crippen LogP contribution < -0.4 is 10.9 Å². The van der Waals surface area contributed by atoms with E-state index in [2.05, 4.69) is 20.0 Å². The van der Waals surface area contributed by atoms with E-state index in [-0.39, 0.29) is 32.5 Å². The molecule has 22 heavy (non-hydrogen) atoms. The molecule has 2 aromatic rings. The van der Waals surface area contributed by atoms with Crippen molar-refractivity contribution in [3.63, 3.8) is 0 Å². The van der Waals surface area contributed by atoms with Crippen molar-refractivity contribution >= 4 is 36.7 Å². The Morgan fingerprint density at radius 2 is 2.23 bits per heavy atom. The lowest BCUT2D eigenvalue weighted by atomic mass is 10.2. The van der Waals surface area contributed by atoms with Crippen LogP contribution in [0.4, 0.5) is 0 Å². The number of carbonyl (C=O) groups excluding carboxylic acids is 2. The van der Waals surface area contributed by atoms with Crippen molar-refractivity contribution in [3.05, 3.63) is 23.8 Å². The fourth-order valence-corrected chi connectivity index (χ4v) is 2.93. The van der Waals surface area contributed by atoms with Crippen LogP contribution in [-0.4, -0.2) is 41.7 Å². The van der Waals surface area contributed by atoms with E-state index in [0.717, 1.165) is 16.6 Å². The van der Waals surface area contributed by atoms with Crippen LogP contribution in [0, 0.1) is 12.8 Å². The van der Waals surface area contributed by atoms with Crippen LogP contribution in [0.15, 0.2) is 18.2 Å². The van der Waals surface area contributed by atoms with Gasteiger partial charge >= 0.3 is 5.97 Å². The molecule has 6 nitrogen and oxygen atoms in total. The molecule has 2 N–H and O–H groups in total. The van der Waals surface area contributed by atoms with Crippen LogP contribution in [0.25, 0.3) is 11.0 Å². The van der Waals surface area contributed by atoms with E-state index in [1.807, 2.05) is 32.0 Å². The maximum absolute atomic E-state index is 12.2. The Hall–Kier alpha value is -1.78. The third-order valence-electron chi connectivity index (χ3n) is 3.27. The number of methoxy groups -OCH3 is 1. The second-order valence-corrected chi connectivity index (χ2v) is 6.42. The van der Waals surface area contributed by atoms with Gasteiger partial charge in [-0.2, -0.15) is 0 Å². The smallest absolute Gasteiger partial charge is 0.319 e. The topological polar surface area (TPSA) is 84.1 Å². The zero-order valence-electron chi connectivity index (χ0n) is 12.9. The summed E-state index contributed by atoms with van der Waals surface area (Å²) < 4.78 is 4.53. The van der Waals surface area contributed by atoms with E-state index < -0.39 is 0 Å². The maximum atomic E-state index is 12.2. The van der Waals surface area contributed by atoms with Crippen LogP contribution in [0.3, 0.4) is 0 Å². The van der Waals surface area contributed by atoms with E-state index in [0.29, 0.717) is 12.1 Å². The molecule has 0 saturated carbocycles. The molecule has 1 aromatic heterocycles. The molecule has 0 aliphatic rings. The average molecular weight is 321 g/mol. The summed E-state index contributed by atoms with van der Waals surface area (Å²) in [5, 5.41) is 2.92. The summed E-state index contributed by atoms with van der Waals surface area (Å²) in [5.74, 6) is -0.521. The predicted octanol–water partition coefficient (Wildman–Crippen LogP) is 1.10. The van der Waals surface area contributed by atoms with Crippen LogP contribution in [0.1, 0.15) is 12.5 Å². The first-order valence-corrected chi connectivity index (χ1v) is 8.04. The van der Waals surface area contributed by atoms with E-state index in [1.165, 1.54) is 7.11 Å². The molecular weight excluding hydrogens is 301 g/mol. The number of aromatic amines is 1. The van der Waals surface area contributed by atoms with Crippen LogP contribution in [-0.2, 0) is 14.3 Å². The number of aryl methyl sites for hydroxylation is 1. The predicted molar refractivity (Wildman–Crippen MR) is 87.8 cm³/mol. The molecule has 0 fully saturated rings. The summed E-state index contributed by atoms with van der Waals surface area (Å²) >= 11 is 0. The van der Waals surface area contributed by atoms with E-state index >= 15 is 0 Å². The molecule has 0 aliphatic carbocycles. The number of nitrogens with one attached hydrogen (secondary N) is 2. The van der Waals surface area contributed by atoms with Gasteiger partial charge in [-0.05, 0) is 24.6 Å². The number of aromatic nitrogens is 2. The molecule has 0 aliphatic heterocycles. The lowest BCUT2D eigenvalue weighted by Gasteiger charge is -2.10. The first kappa shape index (κ1) is 16.6. The van der Waals surface area contributed by atoms with Crippen LogP contribution >= 0.6 is 8.58 Å². The molecule has 2 unspecified atom stereocenters. The van der Waals surface area contributed by atoms with Crippen molar-refractivity contribution in [2.24, 2.45) is 5.92 Å². The van der Waals surface area contributed by atoms with Crippen molar-refractivity contribution in [1.29, 1.82) is 0 Å². The summed E-state index contributed by atoms with van der Waals surface area (Å²) in [5.41, 5.74) is 3.78. The molecule has 2 rings (SSSR count). The Balaban J connectivity index is 1.90. The standard InChI is InChI=1S/C15H20N3O3P/c1-9-4-5-11-12(6-9)18-15(17-11)22-14(20)10(2)7-16-8-13(19)21-3/h4-6,10,16,22H,7-8H2,1-3H3,(H,17,18). The summed E-state index contributed by atoms with van der Waals surface area (Å²) in [6.45, 7) is 4.41. The number of hydrogen-bond donors (Lipinski definition) is 2. The molecule has 0 amide bonds. The third kappa shape index (κ3) is 4.36. The molecule has 7 heteroatoms. The van der Waals surface area contributed by atoms with Gasteiger partial charge in [0.2, 0.25) is 0 Å². The van der Waals surface area contributed by atoms with E-state index in [1.54, 1.807) is 0 Å². The molecule has 0 radical (unpaired) electrons. The summed E-state index contributed by atoms with van der Waals surface area (Å²) in [4.78, 5) is 30.8. The maximum Gasteiger partial charge on any atom is 0.319 e. The molecule has 0 saturated heterocycles. The van der Waals surface area contributed by atoms with Gasteiger partial charge in [0.15, 0.2) is 5.52 Å². The molecule has 2 atom stereocenters. The Kier molecular flexibility index (Phi) is 5.63. The molecule has 0 bridgehead atoms. The van der Waals surface area contributed by atoms with Gasteiger partial charge in [-0.15, -0.1) is 0 Å². The van der Waals surface area contributed by atoms with Gasteiger partial charge in [-0.1, -0.05) is 13.0 Å². The number of benzene rings is 1. The minimum absolute atomic E-state index is 0.0171. The number of fused-ring (bicyclic) bond motifs is 1. The second-order valence-electron chi connectivity index (χ2n) is 5.20. The molecule has 0 spiro atoms. The first-order chi connectivity index (χ1) is 10.5. The lowest BCUT2D eigenvalue weighted by Crippen LogP contribution is -2.30. The van der Waals surface area contributed by atoms with Gasteiger partial charge in [0.1, 0.15) is 5.57 Å². The Morgan fingerprint density at radius 3 is 2.95 bits per heavy atom. The van der Waals surface area contributed by atoms with Gasteiger partial charge in [0.05, 0.1) is 24.7 Å². The SMILES string of the molecule is COC(=O)CNCC(C)C(=O)Pc1nc2ccc(C)cc2[nH]1. The highest BCUT2D eigenvalue weighted by Crippen LogP contribution is 2.19. The van der Waals surface area contributed by atoms with Crippen molar-refractivity contribution in [1.82, 2.24) is 15.3 Å². The van der Waals surface area contributed by atoms with E-state index in [4.69, 9.17) is 0 Å². The van der Waals surface area contributed by atoms with Gasteiger partial charge in [0, 0.05) is 21.0 Å². The summed E-state index contributed by atoms with van der Waals surface area (Å²) in [6, 6.07) is 5.96. The summed E-state index contributed by atoms with van der Waals surface area (Å²) in [7, 11) is 1.32. The third-order valence-corrected chi connectivity index (χ3v) is 4.49. The van der Waals surface area contributed by atoms with Crippen LogP contribution in [0.5, 0.6) is 0 Å². The molecule has 118 valence electrons. The molecule has 1 aromatic carbocycles. The fourth-order valence-electron chi connectivity index (χ4n) is 1.98. The van der Waals surface area contributed by atoms with E-state index in [9.17, 15) is 9.59 Å². The zero-order chi connectivity index (χ0) is 16.1. The largest absolute Gasteiger partial charge is 0.468 e. The number of imidazole rings is 1. The molecule has 1 heterocycles. The highest BCUT2D eigenvalue weighted by atomic mass is 31.1. The number of hydrogen-bond acceptors (Lipinski definition) is 5. The van der Waals surface area contributed by atoms with Crippen LogP contribution in [0.2, 0.25) is 0 Å². The number of nitrogens with zero attached hydrogens (tertiary/aromatic N) is 1. The van der Waals surface area contributed by atoms with Crippen molar-refractivity contribution < 1.29 is 14.3 Å². The van der Waals surface area contributed by atoms with Gasteiger partial charge < -0.3 is 15.0 Å². The van der Waals surface area contributed by atoms with Gasteiger partial charge in [0.25, 0.3) is 0 Å². The Labute approximate surface area is 130 Å². The number of ether oxygens (including phenoxy) is 1. The van der Waals surface area contributed by atoms with Crippen molar-refractivity contribution in [2.45, 2.75) is 13.8 Å². The average Bonchev–Trinajstić information content (AvgIpc) is 2.87. The highest BCUT2D eigenvalue weighted by molar-refractivity contribution is 7.64. The number of esters is 1. The highest BCUT2D eigenvalue weighted by Gasteiger charge is 2.16. The number of H-pyrrole nitrogens is 1. The normalized spacial score (nSPS) is 12.9. The second kappa shape index (κ2) is 7.47. The minimum Gasteiger partial charge on any atom is -0.468 e. The lowest BCUT2D eigenvalue weighted by molar-refractivity contribution is -0.139. The van der Waals surface area contributed by atoms with Gasteiger partial charge in [-0.3, -0.25) is 9.59 Å². The Morgan fingerprint density at radius 1 is 1.45 bits per heavy atom. The van der Waals surface area contributed by atoms with Crippen molar-refractivity contribution in [2.75, 3.05) is 20.2 Å². The van der Waals surface area contributed by atoms with Crippen molar-refractivity contribution in [3.8, 4) is 0 Å².